The molecule has 1 amide bonds. The Hall–Kier alpha value is -1.09. The van der Waals surface area contributed by atoms with Crippen LogP contribution in [0.5, 0.6) is 0 Å². The van der Waals surface area contributed by atoms with Crippen molar-refractivity contribution in [2.24, 2.45) is 5.92 Å². The van der Waals surface area contributed by atoms with Crippen molar-refractivity contribution in [3.63, 3.8) is 0 Å². The van der Waals surface area contributed by atoms with Crippen LogP contribution in [0.4, 0.5) is 10.1 Å². The highest BCUT2D eigenvalue weighted by Gasteiger charge is 2.13. The van der Waals surface area contributed by atoms with Gasteiger partial charge in [0.15, 0.2) is 0 Å². The first-order chi connectivity index (χ1) is 7.04. The summed E-state index contributed by atoms with van der Waals surface area (Å²) in [7, 11) is 0. The van der Waals surface area contributed by atoms with Crippen molar-refractivity contribution >= 4 is 23.2 Å². The van der Waals surface area contributed by atoms with E-state index in [1.165, 1.54) is 6.07 Å². The van der Waals surface area contributed by atoms with E-state index in [0.717, 1.165) is 5.56 Å². The van der Waals surface area contributed by atoms with Crippen molar-refractivity contribution in [1.82, 2.24) is 0 Å². The summed E-state index contributed by atoms with van der Waals surface area (Å²) in [5, 5.41) is 2.50. The Morgan fingerprint density at radius 2 is 2.27 bits per heavy atom. The summed E-state index contributed by atoms with van der Waals surface area (Å²) < 4.78 is 13.2. The molecule has 0 radical (unpaired) electrons. The van der Waals surface area contributed by atoms with Gasteiger partial charge in [-0.25, -0.2) is 4.39 Å². The van der Waals surface area contributed by atoms with Gasteiger partial charge in [0, 0.05) is 11.8 Å². The molecule has 1 aromatic carbocycles. The van der Waals surface area contributed by atoms with Crippen LogP contribution < -0.4 is 5.32 Å². The van der Waals surface area contributed by atoms with Gasteiger partial charge in [0.05, 0.1) is 5.69 Å². The van der Waals surface area contributed by atoms with Crippen LogP contribution in [0, 0.1) is 18.7 Å². The fourth-order valence-electron chi connectivity index (χ4n) is 1.06. The van der Waals surface area contributed by atoms with E-state index in [1.807, 2.05) is 6.92 Å². The van der Waals surface area contributed by atoms with E-state index < -0.39 is 5.82 Å². The summed E-state index contributed by atoms with van der Waals surface area (Å²) in [4.78, 5) is 11.4. The summed E-state index contributed by atoms with van der Waals surface area (Å²) in [6, 6.07) is 4.57. The first kappa shape index (κ1) is 12.0. The summed E-state index contributed by atoms with van der Waals surface area (Å²) in [6.45, 7) is 3.52. The number of rotatable bonds is 3. The second kappa shape index (κ2) is 5.12. The average molecular weight is 230 g/mol. The second-order valence-electron chi connectivity index (χ2n) is 3.53. The predicted molar refractivity (Wildman–Crippen MR) is 59.7 cm³/mol. The molecule has 0 heterocycles. The number of alkyl halides is 1. The Bertz CT molecular complexity index is 368. The molecule has 1 atom stereocenters. The maximum absolute atomic E-state index is 13.2. The molecule has 0 aromatic heterocycles. The molecule has 0 spiro atoms. The Morgan fingerprint density at radius 3 is 2.87 bits per heavy atom. The first-order valence-corrected chi connectivity index (χ1v) is 5.21. The minimum Gasteiger partial charge on any atom is -0.323 e. The van der Waals surface area contributed by atoms with E-state index in [1.54, 1.807) is 19.1 Å². The molecule has 0 fully saturated rings. The predicted octanol–water partition coefficient (Wildman–Crippen LogP) is 2.95. The van der Waals surface area contributed by atoms with E-state index in [4.69, 9.17) is 11.6 Å². The van der Waals surface area contributed by atoms with Crippen molar-refractivity contribution in [1.29, 1.82) is 0 Å². The molecule has 1 rings (SSSR count). The largest absolute Gasteiger partial charge is 0.323 e. The molecule has 0 bridgehead atoms. The number of aryl methyl sites for hydroxylation is 1. The van der Waals surface area contributed by atoms with E-state index in [-0.39, 0.29) is 23.4 Å². The number of benzene rings is 1. The van der Waals surface area contributed by atoms with Crippen molar-refractivity contribution < 1.29 is 9.18 Å². The number of amides is 1. The lowest BCUT2D eigenvalue weighted by Gasteiger charge is -2.10. The normalized spacial score (nSPS) is 12.3. The lowest BCUT2D eigenvalue weighted by Crippen LogP contribution is -2.22. The number of carbonyl (C=O) groups is 1. The smallest absolute Gasteiger partial charge is 0.228 e. The SMILES string of the molecule is Cc1ccc(F)c(NC(=O)C(C)CCl)c1. The Kier molecular flexibility index (Phi) is 4.09. The molecule has 15 heavy (non-hydrogen) atoms. The average Bonchev–Trinajstić information content (AvgIpc) is 2.22. The summed E-state index contributed by atoms with van der Waals surface area (Å²) in [6.07, 6.45) is 0. The highest BCUT2D eigenvalue weighted by atomic mass is 35.5. The number of carbonyl (C=O) groups excluding carboxylic acids is 1. The number of halogens is 2. The minimum atomic E-state index is -0.435. The quantitative estimate of drug-likeness (QED) is 0.794. The highest BCUT2D eigenvalue weighted by Crippen LogP contribution is 2.16. The fraction of sp³-hybridized carbons (Fsp3) is 0.364. The van der Waals surface area contributed by atoms with Gasteiger partial charge in [-0.2, -0.15) is 0 Å². The van der Waals surface area contributed by atoms with Crippen molar-refractivity contribution in [2.75, 3.05) is 11.2 Å². The van der Waals surface area contributed by atoms with Gasteiger partial charge in [-0.3, -0.25) is 4.79 Å². The highest BCUT2D eigenvalue weighted by molar-refractivity contribution is 6.19. The Balaban J connectivity index is 2.80. The number of anilines is 1. The number of hydrogen-bond donors (Lipinski definition) is 1. The van der Waals surface area contributed by atoms with Gasteiger partial charge in [0.1, 0.15) is 5.82 Å². The van der Waals surface area contributed by atoms with E-state index in [2.05, 4.69) is 5.32 Å². The molecule has 1 N–H and O–H groups in total. The molecule has 82 valence electrons. The van der Waals surface area contributed by atoms with Crippen LogP contribution in [0.25, 0.3) is 0 Å². The van der Waals surface area contributed by atoms with Crippen molar-refractivity contribution in [3.8, 4) is 0 Å². The van der Waals surface area contributed by atoms with Crippen molar-refractivity contribution in [2.45, 2.75) is 13.8 Å². The summed E-state index contributed by atoms with van der Waals surface area (Å²) >= 11 is 5.53. The van der Waals surface area contributed by atoms with Crippen LogP contribution in [0.3, 0.4) is 0 Å². The third-order valence-electron chi connectivity index (χ3n) is 2.06. The van der Waals surface area contributed by atoms with Crippen molar-refractivity contribution in [3.05, 3.63) is 29.6 Å². The molecule has 0 saturated heterocycles. The van der Waals surface area contributed by atoms with E-state index >= 15 is 0 Å². The molecular weight excluding hydrogens is 217 g/mol. The zero-order valence-electron chi connectivity index (χ0n) is 8.68. The van der Waals surface area contributed by atoms with E-state index in [9.17, 15) is 9.18 Å². The van der Waals surface area contributed by atoms with Crippen LogP contribution >= 0.6 is 11.6 Å². The molecule has 4 heteroatoms. The van der Waals surface area contributed by atoms with Gasteiger partial charge in [-0.05, 0) is 24.6 Å². The molecule has 0 aliphatic rings. The standard InChI is InChI=1S/C11H13ClFNO/c1-7-3-4-9(13)10(5-7)14-11(15)8(2)6-12/h3-5,8H,6H2,1-2H3,(H,14,15). The fourth-order valence-corrected chi connectivity index (χ4v) is 1.20. The molecular formula is C11H13ClFNO. The van der Waals surface area contributed by atoms with E-state index in [0.29, 0.717) is 0 Å². The molecule has 1 unspecified atom stereocenters. The minimum absolute atomic E-state index is 0.206. The molecule has 0 saturated carbocycles. The van der Waals surface area contributed by atoms with Gasteiger partial charge < -0.3 is 5.32 Å². The molecule has 1 aromatic rings. The third kappa shape index (κ3) is 3.20. The van der Waals surface area contributed by atoms with Gasteiger partial charge in [-0.1, -0.05) is 13.0 Å². The molecule has 2 nitrogen and oxygen atoms in total. The van der Waals surface area contributed by atoms with Crippen LogP contribution in [0.15, 0.2) is 18.2 Å². The summed E-state index contributed by atoms with van der Waals surface area (Å²) in [5.74, 6) is -0.809. The number of hydrogen-bond acceptors (Lipinski definition) is 1. The zero-order chi connectivity index (χ0) is 11.4. The maximum Gasteiger partial charge on any atom is 0.228 e. The lowest BCUT2D eigenvalue weighted by atomic mass is 10.1. The molecule has 0 aliphatic carbocycles. The Morgan fingerprint density at radius 1 is 1.60 bits per heavy atom. The molecule has 0 aliphatic heterocycles. The second-order valence-corrected chi connectivity index (χ2v) is 3.84. The van der Waals surface area contributed by atoms with Crippen LogP contribution in [-0.2, 0) is 4.79 Å². The maximum atomic E-state index is 13.2. The summed E-state index contributed by atoms with van der Waals surface area (Å²) in [5.41, 5.74) is 1.10. The van der Waals surface area contributed by atoms with Gasteiger partial charge in [0.2, 0.25) is 5.91 Å². The third-order valence-corrected chi connectivity index (χ3v) is 2.52. The zero-order valence-corrected chi connectivity index (χ0v) is 9.44. The van der Waals surface area contributed by atoms with Crippen LogP contribution in [0.1, 0.15) is 12.5 Å². The first-order valence-electron chi connectivity index (χ1n) is 4.67. The lowest BCUT2D eigenvalue weighted by molar-refractivity contribution is -0.118. The number of nitrogens with one attached hydrogen (secondary N) is 1. The van der Waals surface area contributed by atoms with Crippen LogP contribution in [0.2, 0.25) is 0 Å². The Labute approximate surface area is 93.4 Å². The monoisotopic (exact) mass is 229 g/mol. The van der Waals surface area contributed by atoms with Gasteiger partial charge in [0.25, 0.3) is 0 Å². The topological polar surface area (TPSA) is 29.1 Å². The van der Waals surface area contributed by atoms with Gasteiger partial charge in [-0.15, -0.1) is 11.6 Å². The van der Waals surface area contributed by atoms with Crippen LogP contribution in [-0.4, -0.2) is 11.8 Å². The van der Waals surface area contributed by atoms with Gasteiger partial charge >= 0.3 is 0 Å².